The van der Waals surface area contributed by atoms with Crippen molar-refractivity contribution < 1.29 is 14.0 Å². The Bertz CT molecular complexity index is 261. The van der Waals surface area contributed by atoms with E-state index in [-0.39, 0.29) is 12.1 Å². The van der Waals surface area contributed by atoms with Crippen LogP contribution in [0.5, 0.6) is 0 Å². The van der Waals surface area contributed by atoms with Gasteiger partial charge in [-0.05, 0) is 26.2 Å². The molecule has 2 aliphatic heterocycles. The fourth-order valence-corrected chi connectivity index (χ4v) is 6.93. The summed E-state index contributed by atoms with van der Waals surface area (Å²) in [5.41, 5.74) is -0.259. The molecule has 0 aromatic carbocycles. The lowest BCUT2D eigenvalue weighted by Gasteiger charge is -2.55. The Kier molecular flexibility index (Phi) is 3.10. The molecule has 94 valence electrons. The predicted molar refractivity (Wildman–Crippen MR) is 68.3 cm³/mol. The second kappa shape index (κ2) is 3.89. The molecule has 0 aromatic rings. The first kappa shape index (κ1) is 12.7. The maximum Gasteiger partial charge on any atom is 0.200 e. The van der Waals surface area contributed by atoms with Crippen molar-refractivity contribution in [3.8, 4) is 0 Å². The molecule has 6 heteroatoms. The summed E-state index contributed by atoms with van der Waals surface area (Å²) >= 11 is 0. The van der Waals surface area contributed by atoms with E-state index in [1.807, 2.05) is 0 Å². The summed E-state index contributed by atoms with van der Waals surface area (Å²) in [4.78, 5) is 2.46. The van der Waals surface area contributed by atoms with Gasteiger partial charge in [0.1, 0.15) is 0 Å². The number of nitrogens with zero attached hydrogens (tertiary/aromatic N) is 1. The smallest absolute Gasteiger partial charge is 0.200 e. The van der Waals surface area contributed by atoms with Crippen LogP contribution in [-0.2, 0) is 8.85 Å². The zero-order chi connectivity index (χ0) is 12.0. The fourth-order valence-electron chi connectivity index (χ4n) is 2.48. The SMILES string of the molecule is C[Si]1(C)CN2C[Si](C)(C)OCC2(CO)CO1. The van der Waals surface area contributed by atoms with Gasteiger partial charge in [-0.1, -0.05) is 0 Å². The third kappa shape index (κ3) is 2.27. The van der Waals surface area contributed by atoms with Gasteiger partial charge in [0.15, 0.2) is 0 Å². The third-order valence-electron chi connectivity index (χ3n) is 3.57. The standard InChI is InChI=1S/C10H23NO3Si2/c1-15(2)8-11-9-16(3,4)14-7-10(11,5-12)6-13-15/h12H,5-9H2,1-4H3. The van der Waals surface area contributed by atoms with Crippen molar-refractivity contribution in [1.29, 1.82) is 0 Å². The Hall–Kier alpha value is 0.274. The highest BCUT2D eigenvalue weighted by molar-refractivity contribution is 6.73. The van der Waals surface area contributed by atoms with E-state index >= 15 is 0 Å². The largest absolute Gasteiger partial charge is 0.414 e. The molecule has 0 bridgehead atoms. The number of fused-ring (bicyclic) bond motifs is 1. The minimum absolute atomic E-state index is 0.141. The highest BCUT2D eigenvalue weighted by Gasteiger charge is 2.51. The van der Waals surface area contributed by atoms with Crippen LogP contribution < -0.4 is 0 Å². The first-order chi connectivity index (χ1) is 7.29. The van der Waals surface area contributed by atoms with E-state index in [0.717, 1.165) is 12.3 Å². The highest BCUT2D eigenvalue weighted by atomic mass is 28.4. The summed E-state index contributed by atoms with van der Waals surface area (Å²) in [6.07, 6.45) is 2.04. The summed E-state index contributed by atoms with van der Waals surface area (Å²) in [5.74, 6) is 0. The topological polar surface area (TPSA) is 41.9 Å². The first-order valence-electron chi connectivity index (χ1n) is 5.93. The van der Waals surface area contributed by atoms with E-state index in [1.54, 1.807) is 0 Å². The summed E-state index contributed by atoms with van der Waals surface area (Å²) in [6, 6.07) is 0. The van der Waals surface area contributed by atoms with E-state index < -0.39 is 16.6 Å². The molecule has 4 nitrogen and oxygen atoms in total. The van der Waals surface area contributed by atoms with Crippen molar-refractivity contribution in [2.75, 3.05) is 32.2 Å². The van der Waals surface area contributed by atoms with Crippen molar-refractivity contribution in [3.05, 3.63) is 0 Å². The number of hydrogen-bond donors (Lipinski definition) is 1. The molecule has 0 amide bonds. The molecule has 2 saturated heterocycles. The second-order valence-electron chi connectivity index (χ2n) is 6.34. The molecule has 0 radical (unpaired) electrons. The van der Waals surface area contributed by atoms with Crippen molar-refractivity contribution >= 4 is 16.6 Å². The molecule has 0 spiro atoms. The van der Waals surface area contributed by atoms with Crippen molar-refractivity contribution in [3.63, 3.8) is 0 Å². The van der Waals surface area contributed by atoms with Crippen molar-refractivity contribution in [2.45, 2.75) is 31.7 Å². The molecule has 2 fully saturated rings. The van der Waals surface area contributed by atoms with Crippen LogP contribution in [0.1, 0.15) is 0 Å². The molecule has 1 N–H and O–H groups in total. The van der Waals surface area contributed by atoms with Gasteiger partial charge in [-0.15, -0.1) is 0 Å². The van der Waals surface area contributed by atoms with Gasteiger partial charge in [0, 0.05) is 12.3 Å². The molecule has 0 aliphatic carbocycles. The van der Waals surface area contributed by atoms with Gasteiger partial charge in [-0.25, -0.2) is 0 Å². The van der Waals surface area contributed by atoms with E-state index in [2.05, 4.69) is 31.1 Å². The van der Waals surface area contributed by atoms with E-state index in [1.165, 1.54) is 0 Å². The van der Waals surface area contributed by atoms with Gasteiger partial charge in [0.05, 0.1) is 25.4 Å². The van der Waals surface area contributed by atoms with Crippen molar-refractivity contribution in [2.24, 2.45) is 0 Å². The lowest BCUT2D eigenvalue weighted by molar-refractivity contribution is -0.0629. The first-order valence-corrected chi connectivity index (χ1v) is 12.2. The fraction of sp³-hybridized carbons (Fsp3) is 1.00. The van der Waals surface area contributed by atoms with Crippen LogP contribution in [-0.4, -0.2) is 64.3 Å². The zero-order valence-electron chi connectivity index (χ0n) is 10.7. The average molecular weight is 261 g/mol. The molecule has 0 aromatic heterocycles. The highest BCUT2D eigenvalue weighted by Crippen LogP contribution is 2.32. The van der Waals surface area contributed by atoms with Crippen LogP contribution in [0, 0.1) is 0 Å². The second-order valence-corrected chi connectivity index (χ2v) is 14.6. The molecule has 0 saturated carbocycles. The quantitative estimate of drug-likeness (QED) is 0.701. The Labute approximate surface area is 99.8 Å². The van der Waals surface area contributed by atoms with Crippen LogP contribution in [0.2, 0.25) is 26.2 Å². The van der Waals surface area contributed by atoms with Gasteiger partial charge < -0.3 is 14.0 Å². The van der Waals surface area contributed by atoms with Gasteiger partial charge in [-0.2, -0.15) is 0 Å². The third-order valence-corrected chi connectivity index (χ3v) is 7.71. The summed E-state index contributed by atoms with van der Waals surface area (Å²) in [5, 5.41) is 9.65. The molecule has 0 atom stereocenters. The van der Waals surface area contributed by atoms with Gasteiger partial charge in [-0.3, -0.25) is 4.90 Å². The zero-order valence-corrected chi connectivity index (χ0v) is 12.7. The number of aliphatic hydroxyl groups excluding tert-OH is 1. The van der Waals surface area contributed by atoms with Crippen LogP contribution in [0.25, 0.3) is 0 Å². The van der Waals surface area contributed by atoms with E-state index in [9.17, 15) is 5.11 Å². The van der Waals surface area contributed by atoms with E-state index in [0.29, 0.717) is 13.2 Å². The predicted octanol–water partition coefficient (Wildman–Crippen LogP) is 0.568. The Morgan fingerprint density at radius 3 is 1.88 bits per heavy atom. The molecule has 2 heterocycles. The maximum atomic E-state index is 9.65. The van der Waals surface area contributed by atoms with Gasteiger partial charge in [0.2, 0.25) is 16.6 Å². The Balaban J connectivity index is 2.19. The van der Waals surface area contributed by atoms with Gasteiger partial charge >= 0.3 is 0 Å². The maximum absolute atomic E-state index is 9.65. The average Bonchev–Trinajstić information content (AvgIpc) is 2.15. The molecular formula is C10H23NO3Si2. The minimum atomic E-state index is -1.54. The van der Waals surface area contributed by atoms with Crippen molar-refractivity contribution in [1.82, 2.24) is 4.90 Å². The van der Waals surface area contributed by atoms with Crippen LogP contribution in [0.3, 0.4) is 0 Å². The normalized spacial score (nSPS) is 32.1. The molecule has 0 unspecified atom stereocenters. The molecule has 2 rings (SSSR count). The minimum Gasteiger partial charge on any atom is -0.414 e. The van der Waals surface area contributed by atoms with E-state index in [4.69, 9.17) is 8.85 Å². The van der Waals surface area contributed by atoms with Gasteiger partial charge in [0.25, 0.3) is 0 Å². The summed E-state index contributed by atoms with van der Waals surface area (Å²) < 4.78 is 11.9. The molecular weight excluding hydrogens is 238 g/mol. The summed E-state index contributed by atoms with van der Waals surface area (Å²) in [6.45, 7) is 10.4. The molecule has 2 aliphatic rings. The number of aliphatic hydroxyl groups is 1. The van der Waals surface area contributed by atoms with Crippen LogP contribution in [0.15, 0.2) is 0 Å². The Morgan fingerprint density at radius 2 is 1.50 bits per heavy atom. The Morgan fingerprint density at radius 1 is 1.06 bits per heavy atom. The van der Waals surface area contributed by atoms with Crippen LogP contribution >= 0.6 is 0 Å². The van der Waals surface area contributed by atoms with Crippen LogP contribution in [0.4, 0.5) is 0 Å². The number of hydrogen-bond acceptors (Lipinski definition) is 4. The monoisotopic (exact) mass is 261 g/mol. The molecule has 16 heavy (non-hydrogen) atoms. The lowest BCUT2D eigenvalue weighted by atomic mass is 10.0. The summed E-state index contributed by atoms with van der Waals surface area (Å²) in [7, 11) is -3.09. The lowest BCUT2D eigenvalue weighted by Crippen LogP contribution is -2.74. The number of rotatable bonds is 1.